The number of carbonyl (C=O) groups is 2. The van der Waals surface area contributed by atoms with Gasteiger partial charge in [0.05, 0.1) is 23.3 Å². The molecular weight excluding hydrogens is 351 g/mol. The summed E-state index contributed by atoms with van der Waals surface area (Å²) in [4.78, 5) is 27.9. The number of hydrogen-bond acceptors (Lipinski definition) is 4. The van der Waals surface area contributed by atoms with E-state index in [1.165, 1.54) is 12.3 Å². The molecule has 2 heterocycles. The maximum Gasteiger partial charge on any atom is 0.407 e. The van der Waals surface area contributed by atoms with Crippen LogP contribution in [0.2, 0.25) is 5.15 Å². The van der Waals surface area contributed by atoms with Gasteiger partial charge in [0.2, 0.25) is 0 Å². The number of anilines is 1. The first-order valence-electron chi connectivity index (χ1n) is 7.88. The number of carboxylic acid groups (broad SMARTS) is 1. The molecule has 1 saturated heterocycles. The van der Waals surface area contributed by atoms with Crippen molar-refractivity contribution in [1.82, 2.24) is 9.88 Å². The van der Waals surface area contributed by atoms with Crippen molar-refractivity contribution in [3.05, 3.63) is 23.0 Å². The highest BCUT2D eigenvalue weighted by molar-refractivity contribution is 6.29. The van der Waals surface area contributed by atoms with Gasteiger partial charge in [-0.2, -0.15) is 0 Å². The van der Waals surface area contributed by atoms with Crippen molar-refractivity contribution in [2.24, 2.45) is 11.1 Å². The summed E-state index contributed by atoms with van der Waals surface area (Å²) in [7, 11) is 0. The van der Waals surface area contributed by atoms with E-state index < -0.39 is 35.7 Å². The molecule has 0 aromatic carbocycles. The van der Waals surface area contributed by atoms with E-state index in [9.17, 15) is 14.7 Å². The maximum atomic E-state index is 15.2. The van der Waals surface area contributed by atoms with Gasteiger partial charge in [0.15, 0.2) is 0 Å². The zero-order chi connectivity index (χ0) is 18.9. The van der Waals surface area contributed by atoms with Crippen LogP contribution >= 0.6 is 11.6 Å². The minimum atomic E-state index is -1.47. The van der Waals surface area contributed by atoms with Crippen LogP contribution < -0.4 is 11.1 Å². The Hall–Kier alpha value is -2.09. The molecule has 4 N–H and O–H groups in total. The summed E-state index contributed by atoms with van der Waals surface area (Å²) in [5.74, 6) is -0.711. The Morgan fingerprint density at radius 1 is 1.48 bits per heavy atom. The van der Waals surface area contributed by atoms with Crippen molar-refractivity contribution in [3.63, 3.8) is 0 Å². The van der Waals surface area contributed by atoms with Gasteiger partial charge in [0.25, 0.3) is 5.91 Å². The number of hydrogen-bond donors (Lipinski definition) is 3. The van der Waals surface area contributed by atoms with Crippen LogP contribution in [0.1, 0.15) is 37.6 Å². The first-order chi connectivity index (χ1) is 11.5. The molecule has 25 heavy (non-hydrogen) atoms. The number of halogens is 2. The number of nitrogens with one attached hydrogen (secondary N) is 1. The zero-order valence-corrected chi connectivity index (χ0v) is 15.0. The molecule has 0 bridgehead atoms. The van der Waals surface area contributed by atoms with Gasteiger partial charge in [-0.3, -0.25) is 4.79 Å². The minimum Gasteiger partial charge on any atom is -0.465 e. The third-order valence-corrected chi connectivity index (χ3v) is 4.52. The topological polar surface area (TPSA) is 109 Å². The van der Waals surface area contributed by atoms with Gasteiger partial charge in [0.1, 0.15) is 11.3 Å². The van der Waals surface area contributed by atoms with Crippen molar-refractivity contribution in [3.8, 4) is 0 Å². The molecule has 1 unspecified atom stereocenters. The Balaban J connectivity index is 2.31. The summed E-state index contributed by atoms with van der Waals surface area (Å²) in [5.41, 5.74) is 5.11. The summed E-state index contributed by atoms with van der Waals surface area (Å²) in [6, 6.07) is -0.105. The lowest BCUT2D eigenvalue weighted by Crippen LogP contribution is -2.61. The van der Waals surface area contributed by atoms with Crippen LogP contribution in [0.25, 0.3) is 0 Å². The van der Waals surface area contributed by atoms with Crippen LogP contribution in [0.5, 0.6) is 0 Å². The molecule has 2 rings (SSSR count). The molecule has 0 aliphatic carbocycles. The molecule has 1 aromatic rings. The van der Waals surface area contributed by atoms with Crippen LogP contribution in [-0.2, 0) is 0 Å². The van der Waals surface area contributed by atoms with Crippen LogP contribution in [0.15, 0.2) is 12.3 Å². The molecule has 7 nitrogen and oxygen atoms in total. The molecular formula is C16H22ClFN4O3. The predicted molar refractivity (Wildman–Crippen MR) is 92.7 cm³/mol. The lowest BCUT2D eigenvalue weighted by atomic mass is 9.78. The second-order valence-corrected chi connectivity index (χ2v) is 7.57. The zero-order valence-electron chi connectivity index (χ0n) is 14.3. The fourth-order valence-corrected chi connectivity index (χ4v) is 3.38. The number of primary amides is 1. The first kappa shape index (κ1) is 19.2. The van der Waals surface area contributed by atoms with E-state index in [4.69, 9.17) is 17.3 Å². The number of aromatic nitrogens is 1. The summed E-state index contributed by atoms with van der Waals surface area (Å²) in [6.07, 6.45) is -1.14. The van der Waals surface area contributed by atoms with Crippen LogP contribution in [0.3, 0.4) is 0 Å². The van der Waals surface area contributed by atoms with Crippen molar-refractivity contribution in [2.75, 3.05) is 11.9 Å². The Labute approximate surface area is 150 Å². The molecule has 0 spiro atoms. The highest BCUT2D eigenvalue weighted by Gasteiger charge is 2.46. The van der Waals surface area contributed by atoms with Crippen molar-refractivity contribution < 1.29 is 19.1 Å². The number of nitrogens with zero attached hydrogens (tertiary/aromatic N) is 2. The number of rotatable bonds is 3. The number of alkyl halides is 1. The van der Waals surface area contributed by atoms with Crippen LogP contribution in [0.4, 0.5) is 14.9 Å². The fourth-order valence-electron chi connectivity index (χ4n) is 3.23. The van der Waals surface area contributed by atoms with Gasteiger partial charge in [-0.1, -0.05) is 32.4 Å². The Morgan fingerprint density at radius 3 is 2.64 bits per heavy atom. The molecule has 1 aliphatic rings. The standard InChI is InChI=1S/C16H22ClFN4O3/c1-16(2,3)13-12(18)9(4-5-22(13)15(24)25)21-10-6-11(17)20-7-8(10)14(19)23/h6-7,9,12-13H,4-5H2,1-3H3,(H2,19,23)(H,20,21)(H,24,25)/t9-,12+,13?/m1/s1. The van der Waals surface area contributed by atoms with E-state index in [0.717, 1.165) is 4.90 Å². The molecule has 138 valence electrons. The van der Waals surface area contributed by atoms with E-state index in [1.807, 2.05) is 0 Å². The summed E-state index contributed by atoms with van der Waals surface area (Å²) in [5, 5.41) is 12.5. The fraction of sp³-hybridized carbons (Fsp3) is 0.562. The lowest BCUT2D eigenvalue weighted by molar-refractivity contribution is 0.00169. The second kappa shape index (κ2) is 7.03. The summed E-state index contributed by atoms with van der Waals surface area (Å²) >= 11 is 5.86. The first-order valence-corrected chi connectivity index (χ1v) is 8.25. The number of piperidine rings is 1. The van der Waals surface area contributed by atoms with E-state index >= 15 is 4.39 Å². The van der Waals surface area contributed by atoms with Gasteiger partial charge in [0, 0.05) is 12.7 Å². The average Bonchev–Trinajstić information content (AvgIpc) is 2.47. The Morgan fingerprint density at radius 2 is 2.12 bits per heavy atom. The van der Waals surface area contributed by atoms with Crippen molar-refractivity contribution in [2.45, 2.75) is 45.4 Å². The molecule has 1 aromatic heterocycles. The van der Waals surface area contributed by atoms with Crippen molar-refractivity contribution in [1.29, 1.82) is 0 Å². The smallest absolute Gasteiger partial charge is 0.407 e. The molecule has 1 aliphatic heterocycles. The number of likely N-dealkylation sites (tertiary alicyclic amines) is 1. The van der Waals surface area contributed by atoms with Gasteiger partial charge in [-0.25, -0.2) is 14.2 Å². The van der Waals surface area contributed by atoms with Crippen LogP contribution in [0, 0.1) is 5.41 Å². The minimum absolute atomic E-state index is 0.101. The predicted octanol–water partition coefficient (Wildman–Crippen LogP) is 2.75. The highest BCUT2D eigenvalue weighted by atomic mass is 35.5. The monoisotopic (exact) mass is 372 g/mol. The van der Waals surface area contributed by atoms with Gasteiger partial charge >= 0.3 is 6.09 Å². The quantitative estimate of drug-likeness (QED) is 0.707. The Kier molecular flexibility index (Phi) is 5.41. The molecule has 3 atom stereocenters. The number of carbonyl (C=O) groups excluding carboxylic acids is 1. The van der Waals surface area contributed by atoms with Gasteiger partial charge in [-0.05, 0) is 17.9 Å². The third kappa shape index (κ3) is 4.12. The summed E-state index contributed by atoms with van der Waals surface area (Å²) in [6.45, 7) is 5.56. The largest absolute Gasteiger partial charge is 0.465 e. The molecule has 0 saturated carbocycles. The highest BCUT2D eigenvalue weighted by Crippen LogP contribution is 2.35. The summed E-state index contributed by atoms with van der Waals surface area (Å²) < 4.78 is 15.2. The average molecular weight is 373 g/mol. The van der Waals surface area contributed by atoms with Gasteiger partial charge in [-0.15, -0.1) is 0 Å². The molecule has 2 amide bonds. The third-order valence-electron chi connectivity index (χ3n) is 4.31. The number of pyridine rings is 1. The Bertz CT molecular complexity index is 680. The molecule has 9 heteroatoms. The second-order valence-electron chi connectivity index (χ2n) is 7.19. The number of amides is 2. The molecule has 0 radical (unpaired) electrons. The SMILES string of the molecule is CC(C)(C)C1[C@@H](F)[C@H](Nc2cc(Cl)ncc2C(N)=O)CCN1C(=O)O. The van der Waals surface area contributed by atoms with Gasteiger partial charge < -0.3 is 21.1 Å². The van der Waals surface area contributed by atoms with E-state index in [-0.39, 0.29) is 29.4 Å². The lowest BCUT2D eigenvalue weighted by Gasteiger charge is -2.47. The normalized spacial score (nSPS) is 24.0. The van der Waals surface area contributed by atoms with E-state index in [1.54, 1.807) is 20.8 Å². The molecule has 1 fully saturated rings. The maximum absolute atomic E-state index is 15.2. The van der Waals surface area contributed by atoms with E-state index in [0.29, 0.717) is 0 Å². The van der Waals surface area contributed by atoms with Crippen LogP contribution in [-0.4, -0.2) is 51.8 Å². The van der Waals surface area contributed by atoms with E-state index in [2.05, 4.69) is 10.3 Å². The number of nitrogens with two attached hydrogens (primary N) is 1. The van der Waals surface area contributed by atoms with Crippen molar-refractivity contribution >= 4 is 29.3 Å².